The van der Waals surface area contributed by atoms with E-state index in [0.29, 0.717) is 6.61 Å². The molecule has 2 atom stereocenters. The molecule has 0 aromatic carbocycles. The van der Waals surface area contributed by atoms with Crippen molar-refractivity contribution in [2.75, 3.05) is 6.61 Å². The molecule has 1 aliphatic carbocycles. The van der Waals surface area contributed by atoms with Crippen molar-refractivity contribution >= 4 is 17.6 Å². The van der Waals surface area contributed by atoms with Crippen LogP contribution in [0.4, 0.5) is 0 Å². The third kappa shape index (κ3) is 3.74. The highest BCUT2D eigenvalue weighted by Crippen LogP contribution is 2.59. The number of carbonyl (C=O) groups is 1. The molecule has 17 heavy (non-hydrogen) atoms. The Kier molecular flexibility index (Phi) is 5.05. The highest BCUT2D eigenvalue weighted by atomic mass is 35.5. The lowest BCUT2D eigenvalue weighted by Crippen LogP contribution is -2.11. The summed E-state index contributed by atoms with van der Waals surface area (Å²) >= 11 is 5.86. The van der Waals surface area contributed by atoms with Gasteiger partial charge in [-0.25, -0.2) is 0 Å². The van der Waals surface area contributed by atoms with Crippen LogP contribution in [0.25, 0.3) is 0 Å². The van der Waals surface area contributed by atoms with E-state index in [2.05, 4.69) is 20.8 Å². The molecule has 1 rings (SSSR count). The average Bonchev–Trinajstić information content (AvgIpc) is 2.74. The summed E-state index contributed by atoms with van der Waals surface area (Å²) < 4.78 is 5.30. The van der Waals surface area contributed by atoms with Gasteiger partial charge in [-0.1, -0.05) is 51.3 Å². The Morgan fingerprint density at radius 2 is 2.06 bits per heavy atom. The first-order valence-corrected chi connectivity index (χ1v) is 6.79. The van der Waals surface area contributed by atoms with Crippen molar-refractivity contribution in [3.05, 3.63) is 11.1 Å². The summed E-state index contributed by atoms with van der Waals surface area (Å²) in [7, 11) is 0. The molecule has 2 nitrogen and oxygen atoms in total. The summed E-state index contributed by atoms with van der Waals surface area (Å²) in [4.78, 5) is 11.9. The van der Waals surface area contributed by atoms with Gasteiger partial charge in [0.25, 0.3) is 0 Å². The van der Waals surface area contributed by atoms with E-state index in [1.807, 2.05) is 13.0 Å². The molecule has 0 unspecified atom stereocenters. The molecule has 1 aliphatic rings. The zero-order chi connectivity index (χ0) is 13.1. The Bertz CT molecular complexity index is 303. The molecule has 0 radical (unpaired) electrons. The van der Waals surface area contributed by atoms with Crippen molar-refractivity contribution in [1.82, 2.24) is 0 Å². The van der Waals surface area contributed by atoms with Gasteiger partial charge in [0.05, 0.1) is 12.5 Å². The molecule has 0 aromatic rings. The largest absolute Gasteiger partial charge is 0.465 e. The second-order valence-corrected chi connectivity index (χ2v) is 6.05. The summed E-state index contributed by atoms with van der Waals surface area (Å²) in [6, 6.07) is 0. The van der Waals surface area contributed by atoms with Gasteiger partial charge in [0.15, 0.2) is 0 Å². The SMILES string of the molecule is CCCCCOC(=O)[C@@H]1[C@@H](/C=C(/C)Cl)C1(C)C. The van der Waals surface area contributed by atoms with Gasteiger partial charge in [-0.05, 0) is 24.7 Å². The Labute approximate surface area is 109 Å². The second kappa shape index (κ2) is 5.90. The molecule has 0 bridgehead atoms. The molecule has 3 heteroatoms. The molecule has 0 heterocycles. The lowest BCUT2D eigenvalue weighted by Gasteiger charge is -2.04. The van der Waals surface area contributed by atoms with E-state index in [-0.39, 0.29) is 23.2 Å². The molecule has 0 saturated heterocycles. The lowest BCUT2D eigenvalue weighted by molar-refractivity contribution is -0.146. The Morgan fingerprint density at radius 3 is 2.59 bits per heavy atom. The number of halogens is 1. The summed E-state index contributed by atoms with van der Waals surface area (Å²) in [6.45, 7) is 8.71. The van der Waals surface area contributed by atoms with E-state index in [9.17, 15) is 4.79 Å². The maximum atomic E-state index is 11.9. The summed E-state index contributed by atoms with van der Waals surface area (Å²) in [6.07, 6.45) is 5.19. The fourth-order valence-electron chi connectivity index (χ4n) is 2.30. The van der Waals surface area contributed by atoms with Crippen LogP contribution in [0.15, 0.2) is 11.1 Å². The Morgan fingerprint density at radius 1 is 1.41 bits per heavy atom. The molecule has 1 fully saturated rings. The van der Waals surface area contributed by atoms with E-state index in [0.717, 1.165) is 24.3 Å². The van der Waals surface area contributed by atoms with E-state index in [1.165, 1.54) is 0 Å². The fourth-order valence-corrected chi connectivity index (χ4v) is 2.44. The maximum Gasteiger partial charge on any atom is 0.310 e. The van der Waals surface area contributed by atoms with Crippen LogP contribution >= 0.6 is 11.6 Å². The van der Waals surface area contributed by atoms with Crippen LogP contribution in [0.2, 0.25) is 0 Å². The molecular formula is C14H23ClO2. The van der Waals surface area contributed by atoms with Gasteiger partial charge in [-0.2, -0.15) is 0 Å². The van der Waals surface area contributed by atoms with E-state index in [4.69, 9.17) is 16.3 Å². The number of carbonyl (C=O) groups excluding carboxylic acids is 1. The molecule has 0 aromatic heterocycles. The van der Waals surface area contributed by atoms with E-state index < -0.39 is 0 Å². The van der Waals surface area contributed by atoms with Gasteiger partial charge in [0.1, 0.15) is 0 Å². The fraction of sp³-hybridized carbons (Fsp3) is 0.786. The van der Waals surface area contributed by atoms with Crippen molar-refractivity contribution in [2.24, 2.45) is 17.3 Å². The number of hydrogen-bond donors (Lipinski definition) is 0. The zero-order valence-corrected chi connectivity index (χ0v) is 12.0. The normalized spacial score (nSPS) is 26.8. The summed E-state index contributed by atoms with van der Waals surface area (Å²) in [5, 5.41) is 0.754. The van der Waals surface area contributed by atoms with Gasteiger partial charge in [0, 0.05) is 5.03 Å². The maximum absolute atomic E-state index is 11.9. The van der Waals surface area contributed by atoms with Crippen molar-refractivity contribution < 1.29 is 9.53 Å². The first-order chi connectivity index (χ1) is 7.91. The van der Waals surface area contributed by atoms with Crippen LogP contribution < -0.4 is 0 Å². The predicted molar refractivity (Wildman–Crippen MR) is 70.9 cm³/mol. The van der Waals surface area contributed by atoms with Crippen LogP contribution in [0.1, 0.15) is 47.0 Å². The topological polar surface area (TPSA) is 26.3 Å². The Balaban J connectivity index is 2.41. The van der Waals surface area contributed by atoms with Crippen molar-refractivity contribution in [2.45, 2.75) is 47.0 Å². The van der Waals surface area contributed by atoms with Crippen molar-refractivity contribution in [3.63, 3.8) is 0 Å². The molecular weight excluding hydrogens is 236 g/mol. The average molecular weight is 259 g/mol. The zero-order valence-electron chi connectivity index (χ0n) is 11.3. The molecule has 0 amide bonds. The van der Waals surface area contributed by atoms with Gasteiger partial charge in [-0.15, -0.1) is 0 Å². The van der Waals surface area contributed by atoms with Gasteiger partial charge >= 0.3 is 5.97 Å². The van der Waals surface area contributed by atoms with Crippen LogP contribution in [0.3, 0.4) is 0 Å². The molecule has 0 N–H and O–H groups in total. The third-order valence-electron chi connectivity index (χ3n) is 3.57. The molecule has 0 aliphatic heterocycles. The second-order valence-electron chi connectivity index (χ2n) is 5.45. The van der Waals surface area contributed by atoms with Crippen molar-refractivity contribution in [3.8, 4) is 0 Å². The Hall–Kier alpha value is -0.500. The predicted octanol–water partition coefficient (Wildman–Crippen LogP) is 4.13. The number of rotatable bonds is 6. The van der Waals surface area contributed by atoms with Crippen molar-refractivity contribution in [1.29, 1.82) is 0 Å². The van der Waals surface area contributed by atoms with Crippen LogP contribution in [-0.2, 0) is 9.53 Å². The number of esters is 1. The minimum Gasteiger partial charge on any atom is -0.465 e. The van der Waals surface area contributed by atoms with Crippen LogP contribution in [0, 0.1) is 17.3 Å². The monoisotopic (exact) mass is 258 g/mol. The third-order valence-corrected chi connectivity index (χ3v) is 3.69. The van der Waals surface area contributed by atoms with E-state index >= 15 is 0 Å². The van der Waals surface area contributed by atoms with Crippen LogP contribution in [0.5, 0.6) is 0 Å². The number of unbranched alkanes of at least 4 members (excludes halogenated alkanes) is 2. The highest BCUT2D eigenvalue weighted by Gasteiger charge is 2.61. The molecule has 1 saturated carbocycles. The van der Waals surface area contributed by atoms with Crippen LogP contribution in [-0.4, -0.2) is 12.6 Å². The smallest absolute Gasteiger partial charge is 0.310 e. The quantitative estimate of drug-likeness (QED) is 0.529. The first kappa shape index (κ1) is 14.6. The standard InChI is InChI=1S/C14H23ClO2/c1-5-6-7-8-17-13(16)12-11(9-10(2)15)14(12,3)4/h9,11-12H,5-8H2,1-4H3/b10-9-/t11-,12+/m1/s1. The molecule has 0 spiro atoms. The number of allylic oxidation sites excluding steroid dienone is 2. The summed E-state index contributed by atoms with van der Waals surface area (Å²) in [5.74, 6) is 0.154. The highest BCUT2D eigenvalue weighted by molar-refractivity contribution is 6.29. The van der Waals surface area contributed by atoms with Gasteiger partial charge in [0.2, 0.25) is 0 Å². The molecule has 98 valence electrons. The number of hydrogen-bond acceptors (Lipinski definition) is 2. The number of ether oxygens (including phenoxy) is 1. The van der Waals surface area contributed by atoms with E-state index in [1.54, 1.807) is 0 Å². The van der Waals surface area contributed by atoms with Gasteiger partial charge < -0.3 is 4.74 Å². The summed E-state index contributed by atoms with van der Waals surface area (Å²) in [5.41, 5.74) is -0.00199. The van der Waals surface area contributed by atoms with Gasteiger partial charge in [-0.3, -0.25) is 4.79 Å². The lowest BCUT2D eigenvalue weighted by atomic mass is 10.1. The minimum atomic E-state index is -0.0646. The minimum absolute atomic E-state index is 0.00199. The first-order valence-electron chi connectivity index (χ1n) is 6.41.